The van der Waals surface area contributed by atoms with E-state index in [4.69, 9.17) is 16.3 Å². The Morgan fingerprint density at radius 1 is 0.925 bits per heavy atom. The van der Waals surface area contributed by atoms with E-state index in [-0.39, 0.29) is 29.3 Å². The van der Waals surface area contributed by atoms with Crippen molar-refractivity contribution < 1.29 is 31.1 Å². The van der Waals surface area contributed by atoms with Crippen LogP contribution in [0.25, 0.3) is 0 Å². The van der Waals surface area contributed by atoms with E-state index in [1.54, 1.807) is 11.3 Å². The van der Waals surface area contributed by atoms with Gasteiger partial charge in [-0.25, -0.2) is 0 Å². The maximum atomic E-state index is 12.9. The summed E-state index contributed by atoms with van der Waals surface area (Å²) < 4.78 is 8.18. The standard InChI is InChI=1S/C33H45ClN2O2S.BrH/c1-3-4-5-6-7-8-9-10-11-12-13-16-21-38-32-22-28(19-20-30(32)34)23-33(37)35-31-18-15-14-17-29(31)24-36-26-39-25-27(36)2;/h14-15,17-20,22,25-26H,3-13,16,21,23-24H2,1-2H3;1H. The number of nitrogens with zero attached hydrogens (tertiary/aromatic N) is 1. The number of rotatable bonds is 19. The van der Waals surface area contributed by atoms with Crippen molar-refractivity contribution in [3.05, 3.63) is 75.2 Å². The van der Waals surface area contributed by atoms with E-state index >= 15 is 0 Å². The van der Waals surface area contributed by atoms with Crippen molar-refractivity contribution in [2.24, 2.45) is 0 Å². The lowest BCUT2D eigenvalue weighted by Gasteiger charge is -2.12. The van der Waals surface area contributed by atoms with Crippen LogP contribution < -0.4 is 31.6 Å². The number of aromatic nitrogens is 1. The Bertz CT molecular complexity index is 1140. The van der Waals surface area contributed by atoms with E-state index < -0.39 is 0 Å². The van der Waals surface area contributed by atoms with E-state index in [2.05, 4.69) is 40.7 Å². The minimum atomic E-state index is -0.0521. The molecule has 0 spiro atoms. The zero-order valence-corrected chi connectivity index (χ0v) is 27.4. The van der Waals surface area contributed by atoms with Gasteiger partial charge in [0.25, 0.3) is 0 Å². The summed E-state index contributed by atoms with van der Waals surface area (Å²) in [5.74, 6) is 0.610. The first-order valence-corrected chi connectivity index (χ1v) is 16.1. The maximum absolute atomic E-state index is 12.9. The van der Waals surface area contributed by atoms with Crippen LogP contribution in [0, 0.1) is 6.92 Å². The zero-order chi connectivity index (χ0) is 27.7. The second kappa shape index (κ2) is 20.1. The van der Waals surface area contributed by atoms with Gasteiger partial charge in [0.05, 0.1) is 29.1 Å². The van der Waals surface area contributed by atoms with Crippen molar-refractivity contribution in [1.29, 1.82) is 0 Å². The Morgan fingerprint density at radius 2 is 1.57 bits per heavy atom. The molecule has 1 heterocycles. The van der Waals surface area contributed by atoms with Crippen LogP contribution in [-0.2, 0) is 17.8 Å². The van der Waals surface area contributed by atoms with Crippen molar-refractivity contribution >= 4 is 34.5 Å². The molecule has 1 amide bonds. The SMILES string of the molecule is CCCCCCCCCCCCCCOc1cc(CC(=O)Nc2ccccc2C[n+]2cscc2C)ccc1Cl.[Br-]. The van der Waals surface area contributed by atoms with Gasteiger partial charge in [0, 0.05) is 12.5 Å². The average Bonchev–Trinajstić information content (AvgIpc) is 3.33. The van der Waals surface area contributed by atoms with E-state index in [1.165, 1.54) is 76.3 Å². The summed E-state index contributed by atoms with van der Waals surface area (Å²) in [5.41, 5.74) is 6.12. The predicted octanol–water partition coefficient (Wildman–Crippen LogP) is 6.31. The van der Waals surface area contributed by atoms with Crippen LogP contribution >= 0.6 is 22.9 Å². The Morgan fingerprint density at radius 3 is 2.23 bits per heavy atom. The van der Waals surface area contributed by atoms with E-state index in [0.29, 0.717) is 17.4 Å². The number of para-hydroxylation sites is 1. The number of aryl methyl sites for hydroxylation is 1. The molecule has 7 heteroatoms. The lowest BCUT2D eigenvalue weighted by atomic mass is 10.1. The Balaban J connectivity index is 0.00000560. The number of carbonyl (C=O) groups excluding carboxylic acids is 1. The smallest absolute Gasteiger partial charge is 0.228 e. The fraction of sp³-hybridized carbons (Fsp3) is 0.515. The normalized spacial score (nSPS) is 10.8. The molecule has 0 aliphatic carbocycles. The van der Waals surface area contributed by atoms with Crippen LogP contribution in [0.1, 0.15) is 101 Å². The maximum Gasteiger partial charge on any atom is 0.228 e. The minimum absolute atomic E-state index is 0. The molecule has 3 rings (SSSR count). The topological polar surface area (TPSA) is 42.2 Å². The number of benzene rings is 2. The van der Waals surface area contributed by atoms with Gasteiger partial charge in [-0.3, -0.25) is 4.79 Å². The van der Waals surface area contributed by atoms with E-state index in [9.17, 15) is 4.79 Å². The molecule has 0 radical (unpaired) electrons. The molecular formula is C33H46BrClN2O2S. The molecule has 0 fully saturated rings. The monoisotopic (exact) mass is 648 g/mol. The number of nitrogens with one attached hydrogen (secondary N) is 1. The summed E-state index contributed by atoms with van der Waals surface area (Å²) in [5, 5.41) is 5.81. The number of anilines is 1. The van der Waals surface area contributed by atoms with Crippen LogP contribution in [0.4, 0.5) is 5.69 Å². The Labute approximate surface area is 261 Å². The molecule has 0 bridgehead atoms. The first kappa shape index (κ1) is 34.3. The molecule has 2 aromatic carbocycles. The summed E-state index contributed by atoms with van der Waals surface area (Å²) in [6.45, 7) is 5.74. The van der Waals surface area contributed by atoms with Gasteiger partial charge in [0.1, 0.15) is 5.75 Å². The van der Waals surface area contributed by atoms with Gasteiger partial charge in [-0.1, -0.05) is 125 Å². The minimum Gasteiger partial charge on any atom is -1.00 e. The second-order valence-electron chi connectivity index (χ2n) is 10.5. The van der Waals surface area contributed by atoms with Gasteiger partial charge in [-0.2, -0.15) is 4.57 Å². The number of thiazole rings is 1. The number of hydrogen-bond acceptors (Lipinski definition) is 3. The quantitative estimate of drug-likeness (QED) is 0.122. The van der Waals surface area contributed by atoms with Gasteiger partial charge in [0.15, 0.2) is 12.2 Å². The van der Waals surface area contributed by atoms with Crippen molar-refractivity contribution in [3.63, 3.8) is 0 Å². The van der Waals surface area contributed by atoms with Crippen molar-refractivity contribution in [1.82, 2.24) is 0 Å². The van der Waals surface area contributed by atoms with Gasteiger partial charge < -0.3 is 27.0 Å². The number of hydrogen-bond donors (Lipinski definition) is 1. The molecule has 0 aliphatic rings. The Hall–Kier alpha value is -1.89. The van der Waals surface area contributed by atoms with E-state index in [0.717, 1.165) is 29.8 Å². The number of carbonyl (C=O) groups is 1. The van der Waals surface area contributed by atoms with Crippen LogP contribution in [0.2, 0.25) is 5.02 Å². The lowest BCUT2D eigenvalue weighted by molar-refractivity contribution is -0.689. The molecule has 4 nitrogen and oxygen atoms in total. The molecule has 1 N–H and O–H groups in total. The van der Waals surface area contributed by atoms with Crippen LogP contribution in [0.5, 0.6) is 5.75 Å². The molecule has 0 aliphatic heterocycles. The summed E-state index contributed by atoms with van der Waals surface area (Å²) in [7, 11) is 0. The number of halogens is 2. The molecule has 0 unspecified atom stereocenters. The number of amides is 1. The largest absolute Gasteiger partial charge is 1.00 e. The highest BCUT2D eigenvalue weighted by atomic mass is 79.9. The molecule has 0 saturated heterocycles. The van der Waals surface area contributed by atoms with Crippen molar-refractivity contribution in [2.75, 3.05) is 11.9 Å². The third-order valence-corrected chi connectivity index (χ3v) is 8.29. The Kier molecular flexibility index (Phi) is 17.2. The third kappa shape index (κ3) is 12.7. The van der Waals surface area contributed by atoms with Crippen LogP contribution in [-0.4, -0.2) is 12.5 Å². The third-order valence-electron chi connectivity index (χ3n) is 7.13. The average molecular weight is 650 g/mol. The molecule has 0 atom stereocenters. The highest BCUT2D eigenvalue weighted by Crippen LogP contribution is 2.26. The van der Waals surface area contributed by atoms with Crippen LogP contribution in [0.15, 0.2) is 53.4 Å². The molecular weight excluding hydrogens is 604 g/mol. The molecule has 1 aromatic heterocycles. The van der Waals surface area contributed by atoms with Gasteiger partial charge in [0.2, 0.25) is 11.4 Å². The summed E-state index contributed by atoms with van der Waals surface area (Å²) in [6.07, 6.45) is 16.1. The highest BCUT2D eigenvalue weighted by Gasteiger charge is 2.14. The van der Waals surface area contributed by atoms with Gasteiger partial charge in [-0.05, 0) is 30.2 Å². The molecule has 220 valence electrons. The van der Waals surface area contributed by atoms with Gasteiger partial charge in [-0.15, -0.1) is 0 Å². The molecule has 0 saturated carbocycles. The fourth-order valence-corrected chi connectivity index (χ4v) is 5.71. The molecule has 40 heavy (non-hydrogen) atoms. The summed E-state index contributed by atoms with van der Waals surface area (Å²) in [4.78, 5) is 12.9. The summed E-state index contributed by atoms with van der Waals surface area (Å²) >= 11 is 8.06. The lowest BCUT2D eigenvalue weighted by Crippen LogP contribution is -3.00. The predicted molar refractivity (Wildman–Crippen MR) is 165 cm³/mol. The van der Waals surface area contributed by atoms with Crippen molar-refractivity contribution in [2.45, 2.75) is 104 Å². The first-order chi connectivity index (χ1) is 19.1. The van der Waals surface area contributed by atoms with E-state index in [1.807, 2.05) is 36.4 Å². The second-order valence-corrected chi connectivity index (χ2v) is 11.6. The molecule has 3 aromatic rings. The number of ether oxygens (including phenoxy) is 1. The van der Waals surface area contributed by atoms with Crippen LogP contribution in [0.3, 0.4) is 0 Å². The fourth-order valence-electron chi connectivity index (χ4n) is 4.75. The summed E-state index contributed by atoms with van der Waals surface area (Å²) in [6, 6.07) is 13.6. The zero-order valence-electron chi connectivity index (χ0n) is 24.2. The highest BCUT2D eigenvalue weighted by molar-refractivity contribution is 7.07. The van der Waals surface area contributed by atoms with Gasteiger partial charge >= 0.3 is 0 Å². The first-order valence-electron chi connectivity index (χ1n) is 14.8. The van der Waals surface area contributed by atoms with Crippen molar-refractivity contribution in [3.8, 4) is 5.75 Å². The number of unbranched alkanes of at least 4 members (excludes halogenated alkanes) is 11.